The molecule has 2 aromatic rings. The summed E-state index contributed by atoms with van der Waals surface area (Å²) < 4.78 is 53.8. The number of alkyl halides is 3. The van der Waals surface area contributed by atoms with Gasteiger partial charge in [-0.25, -0.2) is 9.18 Å². The molecule has 1 heterocycles. The summed E-state index contributed by atoms with van der Waals surface area (Å²) in [5.41, 5.74) is -3.08. The summed E-state index contributed by atoms with van der Waals surface area (Å²) in [6.45, 7) is 4.97. The average molecular weight is 357 g/mol. The zero-order valence-electron chi connectivity index (χ0n) is 13.6. The maximum Gasteiger partial charge on any atom is 0.419 e. The molecule has 0 saturated carbocycles. The molecule has 4 nitrogen and oxygen atoms in total. The minimum atomic E-state index is -4.94. The van der Waals surface area contributed by atoms with Crippen LogP contribution in [-0.4, -0.2) is 15.6 Å². The summed E-state index contributed by atoms with van der Waals surface area (Å²) in [5.74, 6) is -2.95. The lowest BCUT2D eigenvalue weighted by Gasteiger charge is -2.19. The molecule has 8 heteroatoms. The normalized spacial score (nSPS) is 11.8. The number of carboxylic acid groups (broad SMARTS) is 1. The van der Waals surface area contributed by atoms with E-state index in [4.69, 9.17) is 0 Å². The molecule has 2 rings (SSSR count). The molecule has 0 bridgehead atoms. The van der Waals surface area contributed by atoms with Crippen LogP contribution in [0.15, 0.2) is 29.2 Å². The van der Waals surface area contributed by atoms with Gasteiger partial charge in [-0.2, -0.15) is 13.2 Å². The van der Waals surface area contributed by atoms with Gasteiger partial charge in [0.2, 0.25) is 5.43 Å². The molecule has 25 heavy (non-hydrogen) atoms. The number of carboxylic acids is 1. The maximum atomic E-state index is 13.5. The molecule has 0 fully saturated rings. The number of hydrogen-bond acceptors (Lipinski definition) is 2. The van der Waals surface area contributed by atoms with Crippen LogP contribution in [0.2, 0.25) is 0 Å². The molecule has 0 saturated heterocycles. The highest BCUT2D eigenvalue weighted by Crippen LogP contribution is 2.34. The van der Waals surface area contributed by atoms with E-state index in [2.05, 4.69) is 0 Å². The number of benzene rings is 1. The fraction of sp³-hybridized carbons (Fsp3) is 0.294. The molecule has 0 radical (unpaired) electrons. The molecular formula is C17H15F4NO3. The standard InChI is InChI=1S/C17H15F4NO3/c1-8(2)22-7-11(16(24)25)15(23)14(9(22)3)10-4-5-13(18)12(6-10)17(19,20)21/h4-8H,1-3H3,(H,24,25). The lowest BCUT2D eigenvalue weighted by molar-refractivity contribution is -0.139. The summed E-state index contributed by atoms with van der Waals surface area (Å²) in [6.07, 6.45) is -3.78. The van der Waals surface area contributed by atoms with Crippen LogP contribution < -0.4 is 5.43 Å². The largest absolute Gasteiger partial charge is 0.477 e. The monoisotopic (exact) mass is 357 g/mol. The van der Waals surface area contributed by atoms with E-state index in [1.54, 1.807) is 13.8 Å². The number of carbonyl (C=O) groups is 1. The molecule has 1 N–H and O–H groups in total. The van der Waals surface area contributed by atoms with Gasteiger partial charge in [-0.3, -0.25) is 4.79 Å². The Hall–Kier alpha value is -2.64. The van der Waals surface area contributed by atoms with Gasteiger partial charge in [0.1, 0.15) is 11.4 Å². The van der Waals surface area contributed by atoms with Crippen molar-refractivity contribution < 1.29 is 27.5 Å². The van der Waals surface area contributed by atoms with Gasteiger partial charge >= 0.3 is 12.1 Å². The molecule has 0 atom stereocenters. The number of rotatable bonds is 3. The zero-order chi connectivity index (χ0) is 19.1. The minimum Gasteiger partial charge on any atom is -0.477 e. The number of pyridine rings is 1. The highest BCUT2D eigenvalue weighted by molar-refractivity contribution is 5.89. The Morgan fingerprint density at radius 1 is 1.24 bits per heavy atom. The molecule has 0 aliphatic heterocycles. The summed E-state index contributed by atoms with van der Waals surface area (Å²) in [4.78, 5) is 23.8. The molecule has 0 spiro atoms. The first-order valence-electron chi connectivity index (χ1n) is 7.31. The van der Waals surface area contributed by atoms with Gasteiger partial charge in [-0.15, -0.1) is 0 Å². The second-order valence-corrected chi connectivity index (χ2v) is 5.83. The molecule has 0 amide bonds. The lowest BCUT2D eigenvalue weighted by Crippen LogP contribution is -2.23. The summed E-state index contributed by atoms with van der Waals surface area (Å²) >= 11 is 0. The van der Waals surface area contributed by atoms with Crippen LogP contribution in [0, 0.1) is 12.7 Å². The molecule has 1 aromatic heterocycles. The van der Waals surface area contributed by atoms with E-state index in [1.807, 2.05) is 0 Å². The Bertz CT molecular complexity index is 898. The van der Waals surface area contributed by atoms with Gasteiger partial charge in [-0.05, 0) is 38.5 Å². The second kappa shape index (κ2) is 6.34. The maximum absolute atomic E-state index is 13.5. The van der Waals surface area contributed by atoms with E-state index in [1.165, 1.54) is 11.5 Å². The second-order valence-electron chi connectivity index (χ2n) is 5.83. The van der Waals surface area contributed by atoms with E-state index >= 15 is 0 Å². The quantitative estimate of drug-likeness (QED) is 0.835. The van der Waals surface area contributed by atoms with Crippen molar-refractivity contribution in [2.75, 3.05) is 0 Å². The predicted octanol–water partition coefficient (Wildman–Crippen LogP) is 4.26. The van der Waals surface area contributed by atoms with Crippen LogP contribution in [0.1, 0.15) is 41.5 Å². The topological polar surface area (TPSA) is 59.3 Å². The van der Waals surface area contributed by atoms with Gasteiger partial charge < -0.3 is 9.67 Å². The van der Waals surface area contributed by atoms with E-state index in [-0.39, 0.29) is 17.2 Å². The van der Waals surface area contributed by atoms with Crippen molar-refractivity contribution in [3.8, 4) is 11.1 Å². The molecule has 134 valence electrons. The van der Waals surface area contributed by atoms with Gasteiger partial charge in [0.05, 0.1) is 5.56 Å². The van der Waals surface area contributed by atoms with Gasteiger partial charge in [0.25, 0.3) is 0 Å². The van der Waals surface area contributed by atoms with Crippen molar-refractivity contribution in [2.45, 2.75) is 33.0 Å². The summed E-state index contributed by atoms with van der Waals surface area (Å²) in [6, 6.07) is 1.93. The van der Waals surface area contributed by atoms with E-state index in [9.17, 15) is 32.3 Å². The summed E-state index contributed by atoms with van der Waals surface area (Å²) in [5, 5.41) is 9.21. The molecule has 0 unspecified atom stereocenters. The molecule has 1 aromatic carbocycles. The first-order chi connectivity index (χ1) is 11.4. The Labute approximate surface area is 140 Å². The van der Waals surface area contributed by atoms with Gasteiger partial charge in [0.15, 0.2) is 0 Å². The predicted molar refractivity (Wildman–Crippen MR) is 83.2 cm³/mol. The van der Waals surface area contributed by atoms with Crippen molar-refractivity contribution in [2.24, 2.45) is 0 Å². The highest BCUT2D eigenvalue weighted by atomic mass is 19.4. The van der Waals surface area contributed by atoms with Crippen molar-refractivity contribution in [3.63, 3.8) is 0 Å². The van der Waals surface area contributed by atoms with Crippen molar-refractivity contribution in [1.29, 1.82) is 0 Å². The smallest absolute Gasteiger partial charge is 0.419 e. The minimum absolute atomic E-state index is 0.186. The van der Waals surface area contributed by atoms with Crippen LogP contribution in [0.3, 0.4) is 0 Å². The van der Waals surface area contributed by atoms with Crippen LogP contribution in [0.25, 0.3) is 11.1 Å². The number of halogens is 4. The van der Waals surface area contributed by atoms with Crippen LogP contribution >= 0.6 is 0 Å². The van der Waals surface area contributed by atoms with Crippen LogP contribution in [-0.2, 0) is 6.18 Å². The highest BCUT2D eigenvalue weighted by Gasteiger charge is 2.34. The van der Waals surface area contributed by atoms with Gasteiger partial charge in [-0.1, -0.05) is 6.07 Å². The third-order valence-electron chi connectivity index (χ3n) is 3.84. The average Bonchev–Trinajstić information content (AvgIpc) is 2.47. The third-order valence-corrected chi connectivity index (χ3v) is 3.84. The Balaban J connectivity index is 2.88. The van der Waals surface area contributed by atoms with E-state index < -0.39 is 34.5 Å². The number of aromatic carboxylic acids is 1. The Kier molecular flexibility index (Phi) is 4.74. The van der Waals surface area contributed by atoms with Crippen molar-refractivity contribution in [3.05, 3.63) is 57.3 Å². The van der Waals surface area contributed by atoms with Gasteiger partial charge in [0, 0.05) is 23.5 Å². The lowest BCUT2D eigenvalue weighted by atomic mass is 9.98. The molecule has 0 aliphatic rings. The summed E-state index contributed by atoms with van der Waals surface area (Å²) in [7, 11) is 0. The van der Waals surface area contributed by atoms with Crippen molar-refractivity contribution in [1.82, 2.24) is 4.57 Å². The van der Waals surface area contributed by atoms with E-state index in [0.29, 0.717) is 17.8 Å². The first kappa shape index (κ1) is 18.7. The molecular weight excluding hydrogens is 342 g/mol. The molecule has 0 aliphatic carbocycles. The number of aromatic nitrogens is 1. The zero-order valence-corrected chi connectivity index (χ0v) is 13.6. The Morgan fingerprint density at radius 2 is 1.84 bits per heavy atom. The Morgan fingerprint density at radius 3 is 2.32 bits per heavy atom. The van der Waals surface area contributed by atoms with E-state index in [0.717, 1.165) is 12.3 Å². The van der Waals surface area contributed by atoms with Crippen LogP contribution in [0.4, 0.5) is 17.6 Å². The fourth-order valence-corrected chi connectivity index (χ4v) is 2.65. The fourth-order valence-electron chi connectivity index (χ4n) is 2.65. The number of hydrogen-bond donors (Lipinski definition) is 1. The van der Waals surface area contributed by atoms with Crippen molar-refractivity contribution >= 4 is 5.97 Å². The third kappa shape index (κ3) is 3.42. The first-order valence-corrected chi connectivity index (χ1v) is 7.31. The SMILES string of the molecule is Cc1c(-c2ccc(F)c(C(F)(F)F)c2)c(=O)c(C(=O)O)cn1C(C)C. The number of nitrogens with zero attached hydrogens (tertiary/aromatic N) is 1. The van der Waals surface area contributed by atoms with Crippen LogP contribution in [0.5, 0.6) is 0 Å².